The molecule has 0 aromatic carbocycles. The normalized spacial score (nSPS) is 14.0. The molecule has 2 atom stereocenters. The van der Waals surface area contributed by atoms with Crippen molar-refractivity contribution in [1.29, 1.82) is 0 Å². The van der Waals surface area contributed by atoms with Crippen LogP contribution >= 0.6 is 11.3 Å². The molecule has 2 N–H and O–H groups in total. The SMILES string of the molecule is CCC(C)[C@H](NC(=O)c1cc(C)c(C)s1)C(=O)O. The van der Waals surface area contributed by atoms with E-state index in [9.17, 15) is 9.59 Å². The summed E-state index contributed by atoms with van der Waals surface area (Å²) in [7, 11) is 0. The van der Waals surface area contributed by atoms with Gasteiger partial charge in [0, 0.05) is 4.88 Å². The van der Waals surface area contributed by atoms with Crippen molar-refractivity contribution < 1.29 is 14.7 Å². The largest absolute Gasteiger partial charge is 0.480 e. The van der Waals surface area contributed by atoms with E-state index in [0.29, 0.717) is 11.3 Å². The van der Waals surface area contributed by atoms with Crippen LogP contribution in [0.4, 0.5) is 0 Å². The summed E-state index contributed by atoms with van der Waals surface area (Å²) in [4.78, 5) is 24.8. The first kappa shape index (κ1) is 14.7. The fourth-order valence-corrected chi connectivity index (χ4v) is 2.52. The van der Waals surface area contributed by atoms with Gasteiger partial charge < -0.3 is 10.4 Å². The number of rotatable bonds is 5. The molecule has 5 heteroatoms. The molecule has 1 aromatic heterocycles. The lowest BCUT2D eigenvalue weighted by Gasteiger charge is -2.19. The first-order valence-electron chi connectivity index (χ1n) is 5.97. The van der Waals surface area contributed by atoms with E-state index in [4.69, 9.17) is 5.11 Å². The third kappa shape index (κ3) is 3.32. The van der Waals surface area contributed by atoms with E-state index in [1.807, 2.05) is 27.7 Å². The van der Waals surface area contributed by atoms with Crippen LogP contribution in [-0.4, -0.2) is 23.0 Å². The van der Waals surface area contributed by atoms with Crippen molar-refractivity contribution in [1.82, 2.24) is 5.32 Å². The third-order valence-electron chi connectivity index (χ3n) is 3.16. The number of aliphatic carboxylic acids is 1. The molecule has 1 amide bonds. The van der Waals surface area contributed by atoms with Crippen LogP contribution in [0.1, 0.15) is 40.4 Å². The predicted octanol–water partition coefficient (Wildman–Crippen LogP) is 2.59. The lowest BCUT2D eigenvalue weighted by atomic mass is 9.99. The smallest absolute Gasteiger partial charge is 0.326 e. The summed E-state index contributed by atoms with van der Waals surface area (Å²) in [6.07, 6.45) is 0.708. The van der Waals surface area contributed by atoms with Gasteiger partial charge in [0.1, 0.15) is 6.04 Å². The van der Waals surface area contributed by atoms with E-state index in [0.717, 1.165) is 10.4 Å². The molecule has 1 heterocycles. The van der Waals surface area contributed by atoms with Crippen molar-refractivity contribution in [3.63, 3.8) is 0 Å². The van der Waals surface area contributed by atoms with Crippen molar-refractivity contribution >= 4 is 23.2 Å². The van der Waals surface area contributed by atoms with Crippen molar-refractivity contribution in [2.75, 3.05) is 0 Å². The maximum Gasteiger partial charge on any atom is 0.326 e. The van der Waals surface area contributed by atoms with E-state index < -0.39 is 12.0 Å². The minimum Gasteiger partial charge on any atom is -0.480 e. The minimum absolute atomic E-state index is 0.0893. The van der Waals surface area contributed by atoms with Gasteiger partial charge in [0.15, 0.2) is 0 Å². The number of hydrogen-bond donors (Lipinski definition) is 2. The van der Waals surface area contributed by atoms with E-state index in [2.05, 4.69) is 5.32 Å². The first-order chi connectivity index (χ1) is 8.36. The van der Waals surface area contributed by atoms with Crippen molar-refractivity contribution in [3.05, 3.63) is 21.4 Å². The van der Waals surface area contributed by atoms with Gasteiger partial charge in [-0.15, -0.1) is 11.3 Å². The van der Waals surface area contributed by atoms with Crippen LogP contribution in [0.25, 0.3) is 0 Å². The van der Waals surface area contributed by atoms with Gasteiger partial charge in [-0.25, -0.2) is 4.79 Å². The minimum atomic E-state index is -0.984. The summed E-state index contributed by atoms with van der Waals surface area (Å²) < 4.78 is 0. The van der Waals surface area contributed by atoms with E-state index >= 15 is 0 Å². The fourth-order valence-electron chi connectivity index (χ4n) is 1.58. The lowest BCUT2D eigenvalue weighted by Crippen LogP contribution is -2.44. The Hall–Kier alpha value is -1.36. The summed E-state index contributed by atoms with van der Waals surface area (Å²) in [5, 5.41) is 11.7. The van der Waals surface area contributed by atoms with Crippen molar-refractivity contribution in [3.8, 4) is 0 Å². The number of carbonyl (C=O) groups excluding carboxylic acids is 1. The van der Waals surface area contributed by atoms with Gasteiger partial charge in [-0.05, 0) is 31.4 Å². The molecule has 0 aliphatic heterocycles. The number of aryl methyl sites for hydroxylation is 2. The van der Waals surface area contributed by atoms with Gasteiger partial charge >= 0.3 is 5.97 Å². The number of nitrogens with one attached hydrogen (secondary N) is 1. The Morgan fingerprint density at radius 2 is 2.06 bits per heavy atom. The second kappa shape index (κ2) is 6.00. The van der Waals surface area contributed by atoms with Gasteiger partial charge in [-0.1, -0.05) is 20.3 Å². The monoisotopic (exact) mass is 269 g/mol. The number of carboxylic acid groups (broad SMARTS) is 1. The molecule has 0 radical (unpaired) electrons. The van der Waals surface area contributed by atoms with Crippen LogP contribution in [0.2, 0.25) is 0 Å². The highest BCUT2D eigenvalue weighted by atomic mass is 32.1. The van der Waals surface area contributed by atoms with E-state index in [1.165, 1.54) is 11.3 Å². The molecule has 0 saturated heterocycles. The number of carboxylic acids is 1. The lowest BCUT2D eigenvalue weighted by molar-refractivity contribution is -0.140. The van der Waals surface area contributed by atoms with Crippen LogP contribution in [0.15, 0.2) is 6.07 Å². The second-order valence-corrected chi connectivity index (χ2v) is 5.78. The molecule has 1 aromatic rings. The van der Waals surface area contributed by atoms with Crippen molar-refractivity contribution in [2.24, 2.45) is 5.92 Å². The molecular formula is C13H19NO3S. The third-order valence-corrected chi connectivity index (χ3v) is 4.31. The van der Waals surface area contributed by atoms with Crippen LogP contribution in [0.3, 0.4) is 0 Å². The van der Waals surface area contributed by atoms with Gasteiger partial charge in [0.05, 0.1) is 4.88 Å². The number of hydrogen-bond acceptors (Lipinski definition) is 3. The molecule has 4 nitrogen and oxygen atoms in total. The number of carbonyl (C=O) groups is 2. The highest BCUT2D eigenvalue weighted by molar-refractivity contribution is 7.14. The predicted molar refractivity (Wildman–Crippen MR) is 72.1 cm³/mol. The summed E-state index contributed by atoms with van der Waals surface area (Å²) in [6, 6.07) is 0.968. The highest BCUT2D eigenvalue weighted by Gasteiger charge is 2.26. The zero-order chi connectivity index (χ0) is 13.9. The fraction of sp³-hybridized carbons (Fsp3) is 0.538. The number of amides is 1. The van der Waals surface area contributed by atoms with Crippen LogP contribution in [0, 0.1) is 19.8 Å². The molecule has 0 bridgehead atoms. The van der Waals surface area contributed by atoms with E-state index in [-0.39, 0.29) is 11.8 Å². The van der Waals surface area contributed by atoms with Gasteiger partial charge in [0.2, 0.25) is 0 Å². The van der Waals surface area contributed by atoms with Gasteiger partial charge in [-0.2, -0.15) is 0 Å². The zero-order valence-electron chi connectivity index (χ0n) is 11.1. The molecule has 0 spiro atoms. The number of thiophene rings is 1. The molecule has 100 valence electrons. The standard InChI is InChI=1S/C13H19NO3S/c1-5-7(2)11(13(16)17)14-12(15)10-6-8(3)9(4)18-10/h6-7,11H,5H2,1-4H3,(H,14,15)(H,16,17)/t7?,11-/m0/s1. The Balaban J connectivity index is 2.81. The van der Waals surface area contributed by atoms with E-state index in [1.54, 1.807) is 6.07 Å². The Labute approximate surface area is 111 Å². The molecule has 0 aliphatic carbocycles. The highest BCUT2D eigenvalue weighted by Crippen LogP contribution is 2.21. The molecule has 0 fully saturated rings. The topological polar surface area (TPSA) is 66.4 Å². The molecule has 1 unspecified atom stereocenters. The van der Waals surface area contributed by atoms with Gasteiger partial charge in [0.25, 0.3) is 5.91 Å². The summed E-state index contributed by atoms with van der Waals surface area (Å²) in [5.41, 5.74) is 1.06. The molecule has 0 aliphatic rings. The average Bonchev–Trinajstić information content (AvgIpc) is 2.65. The summed E-state index contributed by atoms with van der Waals surface area (Å²) in [6.45, 7) is 7.61. The quantitative estimate of drug-likeness (QED) is 0.863. The molecular weight excluding hydrogens is 250 g/mol. The zero-order valence-corrected chi connectivity index (χ0v) is 11.9. The molecule has 1 rings (SSSR count). The maximum absolute atomic E-state index is 12.0. The molecule has 0 saturated carbocycles. The summed E-state index contributed by atoms with van der Waals surface area (Å²) in [5.74, 6) is -1.37. The second-order valence-electron chi connectivity index (χ2n) is 4.52. The Morgan fingerprint density at radius 1 is 1.44 bits per heavy atom. The Bertz CT molecular complexity index is 434. The summed E-state index contributed by atoms with van der Waals surface area (Å²) >= 11 is 1.39. The van der Waals surface area contributed by atoms with Gasteiger partial charge in [-0.3, -0.25) is 4.79 Å². The molecule has 18 heavy (non-hydrogen) atoms. The maximum atomic E-state index is 12.0. The van der Waals surface area contributed by atoms with Crippen LogP contribution < -0.4 is 5.32 Å². The van der Waals surface area contributed by atoms with Crippen molar-refractivity contribution in [2.45, 2.75) is 40.2 Å². The average molecular weight is 269 g/mol. The van der Waals surface area contributed by atoms with Crippen LogP contribution in [0.5, 0.6) is 0 Å². The Morgan fingerprint density at radius 3 is 2.44 bits per heavy atom. The first-order valence-corrected chi connectivity index (χ1v) is 6.79. The van der Waals surface area contributed by atoms with Crippen LogP contribution in [-0.2, 0) is 4.79 Å². The Kier molecular flexibility index (Phi) is 4.90.